The van der Waals surface area contributed by atoms with Gasteiger partial charge < -0.3 is 9.42 Å². The van der Waals surface area contributed by atoms with Gasteiger partial charge in [0.15, 0.2) is 0 Å². The minimum atomic E-state index is -3.18. The lowest BCUT2D eigenvalue weighted by molar-refractivity contribution is 0.356. The fraction of sp³-hybridized carbons (Fsp3) is 0.200. The maximum absolute atomic E-state index is 10.6. The zero-order valence-corrected chi connectivity index (χ0v) is 8.44. The Bertz CT molecular complexity index is 234. The first-order chi connectivity index (χ1) is 5.52. The molecule has 5 nitrogen and oxygen atoms in total. The van der Waals surface area contributed by atoms with Crippen molar-refractivity contribution in [2.45, 2.75) is 6.92 Å². The predicted molar refractivity (Wildman–Crippen MR) is 46.3 cm³/mol. The summed E-state index contributed by atoms with van der Waals surface area (Å²) in [5.74, 6) is 0. The summed E-state index contributed by atoms with van der Waals surface area (Å²) in [7, 11) is -6.06. The first kappa shape index (κ1) is 11.7. The zero-order valence-electron chi connectivity index (χ0n) is 6.44. The van der Waals surface area contributed by atoms with Crippen LogP contribution < -0.4 is 0 Å². The van der Waals surface area contributed by atoms with E-state index in [1.165, 1.54) is 6.08 Å². The highest BCUT2D eigenvalue weighted by Gasteiger charge is 1.99. The first-order valence-corrected chi connectivity index (χ1v) is 5.44. The van der Waals surface area contributed by atoms with Crippen LogP contribution in [-0.4, -0.2) is 4.89 Å². The summed E-state index contributed by atoms with van der Waals surface area (Å²) >= 11 is 0. The molecule has 1 N–H and O–H groups in total. The van der Waals surface area contributed by atoms with Crippen LogP contribution >= 0.6 is 16.5 Å². The SMILES string of the molecule is C=C(C)C=CO[PH](=O)O[PH](=O)O. The zero-order chi connectivity index (χ0) is 9.56. The second kappa shape index (κ2) is 6.21. The molecular formula is C5H10O5P2. The number of hydrogen-bond donors (Lipinski definition) is 1. The fourth-order valence-electron chi connectivity index (χ4n) is 0.301. The Labute approximate surface area is 71.6 Å². The van der Waals surface area contributed by atoms with Gasteiger partial charge in [-0.3, -0.25) is 4.57 Å². The number of rotatable bonds is 5. The molecule has 70 valence electrons. The molecule has 0 spiro atoms. The van der Waals surface area contributed by atoms with Crippen LogP contribution in [0.15, 0.2) is 24.5 Å². The van der Waals surface area contributed by atoms with E-state index in [1.54, 1.807) is 6.92 Å². The van der Waals surface area contributed by atoms with Crippen molar-refractivity contribution in [2.24, 2.45) is 0 Å². The summed E-state index contributed by atoms with van der Waals surface area (Å²) in [6.07, 6.45) is 2.56. The highest BCUT2D eigenvalue weighted by atomic mass is 31.2. The van der Waals surface area contributed by atoms with E-state index in [1.807, 2.05) is 0 Å². The third-order valence-electron chi connectivity index (χ3n) is 0.687. The quantitative estimate of drug-likeness (QED) is 0.427. The molecule has 0 bridgehead atoms. The molecule has 0 saturated heterocycles. The summed E-state index contributed by atoms with van der Waals surface area (Å²) in [4.78, 5) is 8.16. The second-order valence-electron chi connectivity index (χ2n) is 1.88. The Hall–Kier alpha value is -0.340. The second-order valence-corrected chi connectivity index (χ2v) is 3.97. The van der Waals surface area contributed by atoms with Gasteiger partial charge in [-0.05, 0) is 13.0 Å². The van der Waals surface area contributed by atoms with Gasteiger partial charge in [0.1, 0.15) is 0 Å². The van der Waals surface area contributed by atoms with Gasteiger partial charge in [0, 0.05) is 0 Å². The normalized spacial score (nSPS) is 15.8. The van der Waals surface area contributed by atoms with Gasteiger partial charge in [0.25, 0.3) is 0 Å². The fourth-order valence-corrected chi connectivity index (χ4v) is 1.24. The van der Waals surface area contributed by atoms with Crippen LogP contribution in [0.3, 0.4) is 0 Å². The highest BCUT2D eigenvalue weighted by Crippen LogP contribution is 2.36. The molecule has 7 heteroatoms. The van der Waals surface area contributed by atoms with Crippen molar-refractivity contribution in [3.05, 3.63) is 24.5 Å². The van der Waals surface area contributed by atoms with Crippen molar-refractivity contribution >= 4 is 16.5 Å². The lowest BCUT2D eigenvalue weighted by Gasteiger charge is -1.97. The Morgan fingerprint density at radius 3 is 2.58 bits per heavy atom. The van der Waals surface area contributed by atoms with Crippen LogP contribution in [0, 0.1) is 0 Å². The van der Waals surface area contributed by atoms with Gasteiger partial charge in [-0.15, -0.1) is 0 Å². The van der Waals surface area contributed by atoms with E-state index in [0.717, 1.165) is 6.26 Å². The third kappa shape index (κ3) is 7.76. The van der Waals surface area contributed by atoms with Crippen LogP contribution in [0.2, 0.25) is 0 Å². The van der Waals surface area contributed by atoms with Crippen LogP contribution in [0.1, 0.15) is 6.92 Å². The molecule has 0 heterocycles. The molecule has 0 aromatic heterocycles. The largest absolute Gasteiger partial charge is 0.434 e. The van der Waals surface area contributed by atoms with Gasteiger partial charge in [0.05, 0.1) is 6.26 Å². The summed E-state index contributed by atoms with van der Waals surface area (Å²) in [5, 5.41) is 0. The van der Waals surface area contributed by atoms with E-state index >= 15 is 0 Å². The molecule has 0 fully saturated rings. The predicted octanol–water partition coefficient (Wildman–Crippen LogP) is 1.88. The van der Waals surface area contributed by atoms with E-state index in [2.05, 4.69) is 15.4 Å². The number of allylic oxidation sites excluding steroid dienone is 2. The van der Waals surface area contributed by atoms with Crippen molar-refractivity contribution in [1.82, 2.24) is 0 Å². The van der Waals surface area contributed by atoms with E-state index in [0.29, 0.717) is 5.57 Å². The van der Waals surface area contributed by atoms with E-state index in [4.69, 9.17) is 4.89 Å². The van der Waals surface area contributed by atoms with Crippen molar-refractivity contribution in [3.63, 3.8) is 0 Å². The van der Waals surface area contributed by atoms with Gasteiger partial charge >= 0.3 is 16.5 Å². The van der Waals surface area contributed by atoms with Crippen molar-refractivity contribution in [2.75, 3.05) is 0 Å². The highest BCUT2D eigenvalue weighted by molar-refractivity contribution is 7.47. The lowest BCUT2D eigenvalue weighted by atomic mass is 10.4. The summed E-state index contributed by atoms with van der Waals surface area (Å²) in [6.45, 7) is 5.22. The number of hydrogen-bond acceptors (Lipinski definition) is 4. The summed E-state index contributed by atoms with van der Waals surface area (Å²) in [6, 6.07) is 0. The minimum absolute atomic E-state index is 0.710. The molecule has 0 rings (SSSR count). The molecule has 2 unspecified atom stereocenters. The summed E-state index contributed by atoms with van der Waals surface area (Å²) < 4.78 is 28.9. The third-order valence-corrected chi connectivity index (χ3v) is 2.38. The standard InChI is InChI=1S/C5H10O5P2/c1-5(2)3-4-9-12(8)10-11(6)7/h3-4,11-12H,1H2,2H3,(H,6,7). The molecule has 12 heavy (non-hydrogen) atoms. The van der Waals surface area contributed by atoms with Crippen LogP contribution in [-0.2, 0) is 18.0 Å². The minimum Gasteiger partial charge on any atom is -0.434 e. The van der Waals surface area contributed by atoms with Crippen LogP contribution in [0.25, 0.3) is 0 Å². The van der Waals surface area contributed by atoms with Gasteiger partial charge in [-0.1, -0.05) is 12.2 Å². The molecule has 0 aromatic rings. The molecule has 2 atom stereocenters. The molecule has 0 saturated carbocycles. The Balaban J connectivity index is 3.71. The molecule has 0 aliphatic heterocycles. The van der Waals surface area contributed by atoms with Crippen LogP contribution in [0.5, 0.6) is 0 Å². The first-order valence-electron chi connectivity index (χ1n) is 2.96. The Kier molecular flexibility index (Phi) is 6.03. The average molecular weight is 212 g/mol. The Morgan fingerprint density at radius 1 is 1.58 bits per heavy atom. The van der Waals surface area contributed by atoms with Crippen molar-refractivity contribution in [3.8, 4) is 0 Å². The lowest BCUT2D eigenvalue weighted by Crippen LogP contribution is -1.69. The maximum Gasteiger partial charge on any atom is 0.374 e. The van der Waals surface area contributed by atoms with Crippen LogP contribution in [0.4, 0.5) is 0 Å². The van der Waals surface area contributed by atoms with Gasteiger partial charge in [-0.25, -0.2) is 8.88 Å². The smallest absolute Gasteiger partial charge is 0.374 e. The molecular weight excluding hydrogens is 202 g/mol. The molecule has 0 aliphatic rings. The topological polar surface area (TPSA) is 72.8 Å². The van der Waals surface area contributed by atoms with E-state index in [-0.39, 0.29) is 0 Å². The monoisotopic (exact) mass is 212 g/mol. The maximum atomic E-state index is 10.6. The molecule has 0 radical (unpaired) electrons. The van der Waals surface area contributed by atoms with E-state index in [9.17, 15) is 9.13 Å². The molecule has 0 amide bonds. The molecule has 0 aliphatic carbocycles. The van der Waals surface area contributed by atoms with Gasteiger partial charge in [0.2, 0.25) is 0 Å². The average Bonchev–Trinajstić information content (AvgIpc) is 1.84. The summed E-state index contributed by atoms with van der Waals surface area (Å²) in [5.41, 5.74) is 0.710. The van der Waals surface area contributed by atoms with E-state index < -0.39 is 16.5 Å². The van der Waals surface area contributed by atoms with Crippen molar-refractivity contribution in [1.29, 1.82) is 0 Å². The Morgan fingerprint density at radius 2 is 2.17 bits per heavy atom. The van der Waals surface area contributed by atoms with Gasteiger partial charge in [-0.2, -0.15) is 0 Å². The molecule has 0 aromatic carbocycles. The van der Waals surface area contributed by atoms with Crippen molar-refractivity contribution < 1.29 is 22.9 Å².